The third-order valence-electron chi connectivity index (χ3n) is 5.54. The van der Waals surface area contributed by atoms with Gasteiger partial charge in [0, 0.05) is 17.3 Å². The van der Waals surface area contributed by atoms with Gasteiger partial charge in [0.2, 0.25) is 0 Å². The average Bonchev–Trinajstić information content (AvgIpc) is 2.66. The molecule has 1 aromatic heterocycles. The van der Waals surface area contributed by atoms with Gasteiger partial charge in [0.05, 0.1) is 24.9 Å². The third kappa shape index (κ3) is 4.36. The molecule has 3 rings (SSSR count). The van der Waals surface area contributed by atoms with E-state index in [1.165, 1.54) is 0 Å². The first-order chi connectivity index (χ1) is 13.3. The number of carbonyl (C=O) groups is 1. The predicted octanol–water partition coefficient (Wildman–Crippen LogP) is 4.06. The highest BCUT2D eigenvalue weighted by molar-refractivity contribution is 5.96. The van der Waals surface area contributed by atoms with Crippen molar-refractivity contribution in [2.24, 2.45) is 11.3 Å². The maximum atomic E-state index is 13.1. The summed E-state index contributed by atoms with van der Waals surface area (Å²) >= 11 is 0. The van der Waals surface area contributed by atoms with Crippen LogP contribution >= 0.6 is 0 Å². The molecule has 28 heavy (non-hydrogen) atoms. The molecular formula is C23H30N2O3. The number of nitrogens with zero attached hydrogens (tertiary/aromatic N) is 1. The zero-order valence-corrected chi connectivity index (χ0v) is 17.2. The monoisotopic (exact) mass is 382 g/mol. The topological polar surface area (TPSA) is 71.5 Å². The van der Waals surface area contributed by atoms with E-state index < -0.39 is 5.54 Å². The Morgan fingerprint density at radius 1 is 1.29 bits per heavy atom. The summed E-state index contributed by atoms with van der Waals surface area (Å²) < 4.78 is 5.46. The number of benzene rings is 1. The van der Waals surface area contributed by atoms with Crippen LogP contribution in [-0.4, -0.2) is 35.3 Å². The van der Waals surface area contributed by atoms with Crippen LogP contribution in [0.15, 0.2) is 42.6 Å². The van der Waals surface area contributed by atoms with Crippen LogP contribution < -0.4 is 10.1 Å². The van der Waals surface area contributed by atoms with Gasteiger partial charge in [-0.25, -0.2) is 0 Å². The summed E-state index contributed by atoms with van der Waals surface area (Å²) in [6.07, 6.45) is 4.35. The van der Waals surface area contributed by atoms with Gasteiger partial charge in [-0.05, 0) is 60.9 Å². The first kappa shape index (κ1) is 20.3. The molecule has 5 heteroatoms. The fourth-order valence-corrected chi connectivity index (χ4v) is 4.88. The molecule has 1 fully saturated rings. The Balaban J connectivity index is 1.90. The molecular weight excluding hydrogens is 352 g/mol. The van der Waals surface area contributed by atoms with Crippen LogP contribution in [0.2, 0.25) is 0 Å². The van der Waals surface area contributed by atoms with Gasteiger partial charge < -0.3 is 15.2 Å². The molecule has 1 amide bonds. The van der Waals surface area contributed by atoms with E-state index in [4.69, 9.17) is 4.74 Å². The Morgan fingerprint density at radius 2 is 2.07 bits per heavy atom. The van der Waals surface area contributed by atoms with Crippen LogP contribution in [0.3, 0.4) is 0 Å². The summed E-state index contributed by atoms with van der Waals surface area (Å²) in [6.45, 7) is 6.53. The number of carbonyl (C=O) groups excluding carboxylic acids is 1. The van der Waals surface area contributed by atoms with Crippen molar-refractivity contribution in [1.82, 2.24) is 10.3 Å². The first-order valence-corrected chi connectivity index (χ1v) is 9.80. The zero-order valence-electron chi connectivity index (χ0n) is 17.2. The Kier molecular flexibility index (Phi) is 5.75. The zero-order chi connectivity index (χ0) is 20.4. The lowest BCUT2D eigenvalue weighted by atomic mass is 9.64. The molecule has 0 saturated heterocycles. The largest absolute Gasteiger partial charge is 0.496 e. The van der Waals surface area contributed by atoms with Crippen molar-refractivity contribution in [1.29, 1.82) is 0 Å². The lowest BCUT2D eigenvalue weighted by Crippen LogP contribution is -2.57. The van der Waals surface area contributed by atoms with Crippen LogP contribution in [0, 0.1) is 11.3 Å². The molecule has 2 atom stereocenters. The number of hydrogen-bond donors (Lipinski definition) is 2. The smallest absolute Gasteiger partial charge is 0.251 e. The van der Waals surface area contributed by atoms with Crippen molar-refractivity contribution in [2.45, 2.75) is 45.6 Å². The van der Waals surface area contributed by atoms with Gasteiger partial charge in [-0.2, -0.15) is 0 Å². The number of nitrogens with one attached hydrogen (secondary N) is 1. The van der Waals surface area contributed by atoms with Gasteiger partial charge in [-0.15, -0.1) is 0 Å². The van der Waals surface area contributed by atoms with E-state index in [1.54, 1.807) is 31.5 Å². The van der Waals surface area contributed by atoms with Gasteiger partial charge in [0.15, 0.2) is 0 Å². The molecule has 0 radical (unpaired) electrons. The number of aromatic nitrogens is 1. The Morgan fingerprint density at radius 3 is 2.68 bits per heavy atom. The van der Waals surface area contributed by atoms with E-state index >= 15 is 0 Å². The second kappa shape index (κ2) is 7.92. The van der Waals surface area contributed by atoms with Crippen LogP contribution in [0.5, 0.6) is 5.75 Å². The summed E-state index contributed by atoms with van der Waals surface area (Å²) in [6, 6.07) is 11.0. The summed E-state index contributed by atoms with van der Waals surface area (Å²) in [5.41, 5.74) is 1.53. The average molecular weight is 383 g/mol. The SMILES string of the molecule is COc1ccc(C(=O)N[C@@]2(CO)C[C@H](C)CC(C)(C)C2)cc1-c1ccccn1. The second-order valence-electron chi connectivity index (χ2n) is 8.88. The molecule has 1 aliphatic carbocycles. The summed E-state index contributed by atoms with van der Waals surface area (Å²) in [5, 5.41) is 13.3. The van der Waals surface area contributed by atoms with Crippen LogP contribution in [0.1, 0.15) is 50.4 Å². The molecule has 1 aromatic carbocycles. The van der Waals surface area contributed by atoms with Crippen molar-refractivity contribution in [3.63, 3.8) is 0 Å². The third-order valence-corrected chi connectivity index (χ3v) is 5.54. The van der Waals surface area contributed by atoms with E-state index in [2.05, 4.69) is 31.1 Å². The maximum absolute atomic E-state index is 13.1. The molecule has 0 spiro atoms. The Labute approximate surface area is 167 Å². The normalized spacial score (nSPS) is 23.8. The second-order valence-corrected chi connectivity index (χ2v) is 8.88. The quantitative estimate of drug-likeness (QED) is 0.818. The highest BCUT2D eigenvalue weighted by Crippen LogP contribution is 2.44. The van der Waals surface area contributed by atoms with Crippen LogP contribution in [0.4, 0.5) is 0 Å². The highest BCUT2D eigenvalue weighted by atomic mass is 16.5. The standard InChI is InChI=1S/C23H30N2O3/c1-16-12-22(2,3)14-23(13-16,15-26)25-21(27)17-8-9-20(28-4)18(11-17)19-7-5-6-10-24-19/h5-11,16,26H,12-15H2,1-4H3,(H,25,27)/t16-,23+/m1/s1. The number of aliphatic hydroxyl groups is 1. The molecule has 150 valence electrons. The minimum Gasteiger partial charge on any atom is -0.496 e. The molecule has 2 aromatic rings. The van der Waals surface area contributed by atoms with Crippen molar-refractivity contribution >= 4 is 5.91 Å². The molecule has 5 nitrogen and oxygen atoms in total. The molecule has 1 saturated carbocycles. The number of amides is 1. The van der Waals surface area contributed by atoms with Gasteiger partial charge in [-0.3, -0.25) is 9.78 Å². The molecule has 0 aliphatic heterocycles. The van der Waals surface area contributed by atoms with Gasteiger partial charge in [0.1, 0.15) is 5.75 Å². The van der Waals surface area contributed by atoms with Gasteiger partial charge in [-0.1, -0.05) is 26.8 Å². The van der Waals surface area contributed by atoms with Crippen molar-refractivity contribution in [2.75, 3.05) is 13.7 Å². The lowest BCUT2D eigenvalue weighted by molar-refractivity contribution is 0.0334. The number of hydrogen-bond acceptors (Lipinski definition) is 4. The Hall–Kier alpha value is -2.40. The van der Waals surface area contributed by atoms with E-state index in [9.17, 15) is 9.90 Å². The predicted molar refractivity (Wildman–Crippen MR) is 110 cm³/mol. The minimum absolute atomic E-state index is 0.0598. The number of methoxy groups -OCH3 is 1. The van der Waals surface area contributed by atoms with E-state index in [1.807, 2.05) is 18.2 Å². The van der Waals surface area contributed by atoms with Gasteiger partial charge in [0.25, 0.3) is 5.91 Å². The maximum Gasteiger partial charge on any atom is 0.251 e. The van der Waals surface area contributed by atoms with E-state index in [-0.39, 0.29) is 17.9 Å². The summed E-state index contributed by atoms with van der Waals surface area (Å²) in [4.78, 5) is 17.5. The molecule has 0 unspecified atom stereocenters. The van der Waals surface area contributed by atoms with Crippen LogP contribution in [0.25, 0.3) is 11.3 Å². The molecule has 2 N–H and O–H groups in total. The number of pyridine rings is 1. The van der Waals surface area contributed by atoms with Crippen molar-refractivity contribution in [3.8, 4) is 17.0 Å². The molecule has 1 aliphatic rings. The first-order valence-electron chi connectivity index (χ1n) is 9.80. The molecule has 1 heterocycles. The summed E-state index contributed by atoms with van der Waals surface area (Å²) in [5.74, 6) is 0.925. The fraction of sp³-hybridized carbons (Fsp3) is 0.478. The van der Waals surface area contributed by atoms with E-state index in [0.29, 0.717) is 17.2 Å². The fourth-order valence-electron chi connectivity index (χ4n) is 4.88. The van der Waals surface area contributed by atoms with Gasteiger partial charge >= 0.3 is 0 Å². The molecule has 0 bridgehead atoms. The van der Waals surface area contributed by atoms with Crippen molar-refractivity contribution in [3.05, 3.63) is 48.2 Å². The van der Waals surface area contributed by atoms with Crippen molar-refractivity contribution < 1.29 is 14.6 Å². The number of rotatable bonds is 5. The lowest BCUT2D eigenvalue weighted by Gasteiger charge is -2.47. The number of aliphatic hydroxyl groups excluding tert-OH is 1. The number of ether oxygens (including phenoxy) is 1. The Bertz CT molecular complexity index is 835. The van der Waals surface area contributed by atoms with E-state index in [0.717, 1.165) is 30.5 Å². The van der Waals surface area contributed by atoms with Crippen LogP contribution in [-0.2, 0) is 0 Å². The highest BCUT2D eigenvalue weighted by Gasteiger charge is 2.43. The minimum atomic E-state index is -0.594. The summed E-state index contributed by atoms with van der Waals surface area (Å²) in [7, 11) is 1.60.